The minimum absolute atomic E-state index is 0.498. The normalized spacial score (nSPS) is 10.2. The van der Waals surface area contributed by atoms with Gasteiger partial charge in [0.1, 0.15) is 5.75 Å². The molecule has 0 bridgehead atoms. The predicted molar refractivity (Wildman–Crippen MR) is 76.2 cm³/mol. The predicted octanol–water partition coefficient (Wildman–Crippen LogP) is 4.84. The van der Waals surface area contributed by atoms with E-state index < -0.39 is 0 Å². The van der Waals surface area contributed by atoms with Crippen molar-refractivity contribution >= 4 is 21.6 Å². The van der Waals surface area contributed by atoms with E-state index in [9.17, 15) is 0 Å². The number of rotatable bonds is 3. The third-order valence-corrected chi connectivity index (χ3v) is 3.52. The van der Waals surface area contributed by atoms with Crippen LogP contribution in [0.4, 0.5) is 0 Å². The lowest BCUT2D eigenvalue weighted by atomic mass is 10.2. The zero-order chi connectivity index (χ0) is 12.8. The summed E-state index contributed by atoms with van der Waals surface area (Å²) in [6.07, 6.45) is 0. The molecule has 0 amide bonds. The largest absolute Gasteiger partial charge is 0.494 e. The molecule has 17 heavy (non-hydrogen) atoms. The molecule has 0 N–H and O–H groups in total. The van der Waals surface area contributed by atoms with Crippen molar-refractivity contribution in [1.29, 1.82) is 0 Å². The fourth-order valence-corrected chi connectivity index (χ4v) is 2.38. The molecule has 0 atom stereocenters. The minimum atomic E-state index is 0.498. The Morgan fingerprint density at radius 3 is 2.59 bits per heavy atom. The van der Waals surface area contributed by atoms with Crippen LogP contribution in [0.2, 0.25) is 0 Å². The molecule has 1 aromatic carbocycles. The van der Waals surface area contributed by atoms with E-state index in [0.29, 0.717) is 12.5 Å². The van der Waals surface area contributed by atoms with Crippen molar-refractivity contribution in [2.45, 2.75) is 40.5 Å². The summed E-state index contributed by atoms with van der Waals surface area (Å²) >= 11 is 1.77. The number of hydrogen-bond donors (Lipinski definition) is 0. The molecular weight excluding hydrogens is 230 g/mol. The highest BCUT2D eigenvalue weighted by molar-refractivity contribution is 7.18. The summed E-state index contributed by atoms with van der Waals surface area (Å²) in [6.45, 7) is 11.0. The lowest BCUT2D eigenvalue weighted by molar-refractivity contribution is 0.340. The van der Waals surface area contributed by atoms with E-state index in [1.54, 1.807) is 11.3 Å². The molecule has 0 aliphatic carbocycles. The van der Waals surface area contributed by atoms with E-state index in [0.717, 1.165) is 11.3 Å². The summed E-state index contributed by atoms with van der Waals surface area (Å²) in [6, 6.07) is 6.11. The van der Waals surface area contributed by atoms with Crippen molar-refractivity contribution in [3.63, 3.8) is 0 Å². The molecule has 3 heteroatoms. The van der Waals surface area contributed by atoms with Gasteiger partial charge in [0.2, 0.25) is 0 Å². The molecule has 1 heterocycles. The van der Waals surface area contributed by atoms with E-state index in [-0.39, 0.29) is 0 Å². The SMILES string of the molecule is CC.CCOc1ccc2sc(C(C)C)nc2c1. The molecule has 0 saturated carbocycles. The first-order valence-electron chi connectivity index (χ1n) is 6.24. The maximum absolute atomic E-state index is 5.45. The molecule has 0 saturated heterocycles. The standard InChI is InChI=1S/C12H15NOS.C2H6/c1-4-14-9-5-6-11-10(7-9)13-12(15-11)8(2)3;1-2/h5-8H,4H2,1-3H3;1-2H3. The van der Waals surface area contributed by atoms with Crippen molar-refractivity contribution in [3.8, 4) is 5.75 Å². The number of aromatic nitrogens is 1. The Balaban J connectivity index is 0.000000686. The van der Waals surface area contributed by atoms with Crippen molar-refractivity contribution in [2.24, 2.45) is 0 Å². The number of nitrogens with zero attached hydrogens (tertiary/aromatic N) is 1. The second kappa shape index (κ2) is 6.60. The van der Waals surface area contributed by atoms with E-state index >= 15 is 0 Å². The van der Waals surface area contributed by atoms with Crippen LogP contribution in [-0.4, -0.2) is 11.6 Å². The fourth-order valence-electron chi connectivity index (χ4n) is 1.43. The van der Waals surface area contributed by atoms with Gasteiger partial charge in [-0.1, -0.05) is 27.7 Å². The van der Waals surface area contributed by atoms with E-state index in [1.165, 1.54) is 9.71 Å². The topological polar surface area (TPSA) is 22.1 Å². The second-order valence-corrected chi connectivity index (χ2v) is 4.83. The zero-order valence-corrected chi connectivity index (χ0v) is 12.1. The Bertz CT molecular complexity index is 462. The Labute approximate surface area is 108 Å². The van der Waals surface area contributed by atoms with Gasteiger partial charge in [-0.3, -0.25) is 0 Å². The van der Waals surface area contributed by atoms with Crippen LogP contribution in [-0.2, 0) is 0 Å². The van der Waals surface area contributed by atoms with Crippen molar-refractivity contribution < 1.29 is 4.74 Å². The first kappa shape index (κ1) is 14.0. The highest BCUT2D eigenvalue weighted by Crippen LogP contribution is 2.29. The Hall–Kier alpha value is -1.09. The molecular formula is C14H21NOS. The number of ether oxygens (including phenoxy) is 1. The summed E-state index contributed by atoms with van der Waals surface area (Å²) in [4.78, 5) is 4.59. The highest BCUT2D eigenvalue weighted by Gasteiger charge is 2.07. The van der Waals surface area contributed by atoms with Crippen LogP contribution >= 0.6 is 11.3 Å². The average Bonchev–Trinajstić information content (AvgIpc) is 2.75. The van der Waals surface area contributed by atoms with Crippen LogP contribution in [0.3, 0.4) is 0 Å². The van der Waals surface area contributed by atoms with Gasteiger partial charge in [0, 0.05) is 12.0 Å². The van der Waals surface area contributed by atoms with Gasteiger partial charge in [0.25, 0.3) is 0 Å². The summed E-state index contributed by atoms with van der Waals surface area (Å²) in [5.41, 5.74) is 1.05. The lowest BCUT2D eigenvalue weighted by Gasteiger charge is -2.00. The molecule has 2 rings (SSSR count). The first-order chi connectivity index (χ1) is 8.20. The monoisotopic (exact) mass is 251 g/mol. The number of thiazole rings is 1. The molecule has 0 spiro atoms. The summed E-state index contributed by atoms with van der Waals surface area (Å²) in [5.74, 6) is 1.41. The maximum Gasteiger partial charge on any atom is 0.121 e. The molecule has 1 aromatic heterocycles. The molecule has 2 nitrogen and oxygen atoms in total. The number of fused-ring (bicyclic) bond motifs is 1. The quantitative estimate of drug-likeness (QED) is 0.778. The summed E-state index contributed by atoms with van der Waals surface area (Å²) in [5, 5.41) is 1.19. The molecule has 94 valence electrons. The second-order valence-electron chi connectivity index (χ2n) is 3.77. The van der Waals surface area contributed by atoms with Gasteiger partial charge in [0.15, 0.2) is 0 Å². The molecule has 0 aliphatic rings. The fraction of sp³-hybridized carbons (Fsp3) is 0.500. The zero-order valence-electron chi connectivity index (χ0n) is 11.3. The minimum Gasteiger partial charge on any atom is -0.494 e. The molecule has 0 radical (unpaired) electrons. The van der Waals surface area contributed by atoms with Crippen LogP contribution < -0.4 is 4.74 Å². The van der Waals surface area contributed by atoms with Gasteiger partial charge in [-0.25, -0.2) is 4.98 Å². The van der Waals surface area contributed by atoms with Gasteiger partial charge in [-0.2, -0.15) is 0 Å². The summed E-state index contributed by atoms with van der Waals surface area (Å²) < 4.78 is 6.69. The van der Waals surface area contributed by atoms with Crippen molar-refractivity contribution in [2.75, 3.05) is 6.61 Å². The van der Waals surface area contributed by atoms with E-state index in [4.69, 9.17) is 4.74 Å². The van der Waals surface area contributed by atoms with Crippen LogP contribution in [0.25, 0.3) is 10.2 Å². The number of benzene rings is 1. The maximum atomic E-state index is 5.45. The van der Waals surface area contributed by atoms with Crippen LogP contribution in [0.5, 0.6) is 5.75 Å². The van der Waals surface area contributed by atoms with Gasteiger partial charge >= 0.3 is 0 Å². The third kappa shape index (κ3) is 3.43. The average molecular weight is 251 g/mol. The van der Waals surface area contributed by atoms with Gasteiger partial charge < -0.3 is 4.74 Å². The van der Waals surface area contributed by atoms with E-state index in [1.807, 2.05) is 32.9 Å². The molecule has 0 unspecified atom stereocenters. The Morgan fingerprint density at radius 2 is 2.00 bits per heavy atom. The van der Waals surface area contributed by atoms with Crippen molar-refractivity contribution in [1.82, 2.24) is 4.98 Å². The van der Waals surface area contributed by atoms with Gasteiger partial charge in [0.05, 0.1) is 21.8 Å². The Morgan fingerprint density at radius 1 is 1.29 bits per heavy atom. The Kier molecular flexibility index (Phi) is 5.42. The van der Waals surface area contributed by atoms with Crippen molar-refractivity contribution in [3.05, 3.63) is 23.2 Å². The van der Waals surface area contributed by atoms with Crippen LogP contribution in [0, 0.1) is 0 Å². The number of hydrogen-bond acceptors (Lipinski definition) is 3. The van der Waals surface area contributed by atoms with Gasteiger partial charge in [-0.15, -0.1) is 11.3 Å². The third-order valence-electron chi connectivity index (χ3n) is 2.18. The smallest absolute Gasteiger partial charge is 0.121 e. The van der Waals surface area contributed by atoms with Crippen LogP contribution in [0.1, 0.15) is 45.5 Å². The van der Waals surface area contributed by atoms with Gasteiger partial charge in [-0.05, 0) is 19.1 Å². The van der Waals surface area contributed by atoms with E-state index in [2.05, 4.69) is 24.9 Å². The first-order valence-corrected chi connectivity index (χ1v) is 7.05. The molecule has 0 aliphatic heterocycles. The lowest BCUT2D eigenvalue weighted by Crippen LogP contribution is -1.90. The molecule has 0 fully saturated rings. The summed E-state index contributed by atoms with van der Waals surface area (Å²) in [7, 11) is 0. The molecule has 2 aromatic rings. The van der Waals surface area contributed by atoms with Crippen LogP contribution in [0.15, 0.2) is 18.2 Å². The highest BCUT2D eigenvalue weighted by atomic mass is 32.1.